The van der Waals surface area contributed by atoms with E-state index in [-0.39, 0.29) is 10.6 Å². The third-order valence-electron chi connectivity index (χ3n) is 5.14. The van der Waals surface area contributed by atoms with E-state index in [1.165, 1.54) is 7.11 Å². The van der Waals surface area contributed by atoms with Crippen LogP contribution in [0.1, 0.15) is 27.9 Å². The summed E-state index contributed by atoms with van der Waals surface area (Å²) >= 11 is 6.29. The number of halogens is 2. The standard InChI is InChI=1S/C21H19ClFN3O2/c1-28-18-11-16-14(10-15(18)21(24)27)12(5-6-25-16)9-13-3-4-17(19(22)20(13)23)26-7-2-8-26/h3-6,10-11H,2,7-9H2,1H3,(H2,24,27). The number of carbonyl (C=O) groups is 1. The smallest absolute Gasteiger partial charge is 0.252 e. The Hall–Kier alpha value is -2.86. The highest BCUT2D eigenvalue weighted by atomic mass is 35.5. The summed E-state index contributed by atoms with van der Waals surface area (Å²) in [5.74, 6) is -0.654. The summed E-state index contributed by atoms with van der Waals surface area (Å²) in [6.07, 6.45) is 3.05. The number of benzene rings is 2. The zero-order valence-electron chi connectivity index (χ0n) is 15.3. The number of rotatable bonds is 5. The highest BCUT2D eigenvalue weighted by molar-refractivity contribution is 6.33. The molecule has 0 saturated carbocycles. The minimum absolute atomic E-state index is 0.148. The largest absolute Gasteiger partial charge is 0.496 e. The molecule has 144 valence electrons. The first-order chi connectivity index (χ1) is 13.5. The Morgan fingerprint density at radius 1 is 1.29 bits per heavy atom. The number of ether oxygens (including phenoxy) is 1. The molecular formula is C21H19ClFN3O2. The summed E-state index contributed by atoms with van der Waals surface area (Å²) in [6.45, 7) is 1.79. The quantitative estimate of drug-likeness (QED) is 0.705. The molecule has 2 heterocycles. The summed E-state index contributed by atoms with van der Waals surface area (Å²) < 4.78 is 20.2. The number of primary amides is 1. The van der Waals surface area contributed by atoms with Crippen LogP contribution in [0.2, 0.25) is 5.02 Å². The van der Waals surface area contributed by atoms with Crippen LogP contribution >= 0.6 is 11.6 Å². The molecule has 1 saturated heterocycles. The molecule has 1 aromatic heterocycles. The number of hydrogen-bond donors (Lipinski definition) is 1. The molecule has 0 atom stereocenters. The van der Waals surface area contributed by atoms with Gasteiger partial charge in [0.15, 0.2) is 0 Å². The van der Waals surface area contributed by atoms with E-state index in [0.29, 0.717) is 23.3 Å². The van der Waals surface area contributed by atoms with E-state index in [1.54, 1.807) is 30.5 Å². The fraction of sp³-hybridized carbons (Fsp3) is 0.238. The lowest BCUT2D eigenvalue weighted by Crippen LogP contribution is -2.37. The first kappa shape index (κ1) is 18.5. The Morgan fingerprint density at radius 2 is 2.07 bits per heavy atom. The molecule has 5 nitrogen and oxygen atoms in total. The van der Waals surface area contributed by atoms with Gasteiger partial charge in [0.2, 0.25) is 0 Å². The van der Waals surface area contributed by atoms with Gasteiger partial charge in [0, 0.05) is 37.2 Å². The fourth-order valence-corrected chi connectivity index (χ4v) is 3.77. The maximum absolute atomic E-state index is 14.9. The van der Waals surface area contributed by atoms with Gasteiger partial charge in [-0.25, -0.2) is 4.39 Å². The molecule has 0 spiro atoms. The minimum atomic E-state index is -0.596. The molecule has 0 radical (unpaired) electrons. The topological polar surface area (TPSA) is 68.4 Å². The molecule has 1 aliphatic rings. The molecular weight excluding hydrogens is 381 g/mol. The van der Waals surface area contributed by atoms with Gasteiger partial charge in [-0.15, -0.1) is 0 Å². The van der Waals surface area contributed by atoms with Crippen molar-refractivity contribution in [1.82, 2.24) is 4.98 Å². The summed E-state index contributed by atoms with van der Waals surface area (Å²) in [5, 5.41) is 0.870. The van der Waals surface area contributed by atoms with E-state index >= 15 is 0 Å². The number of nitrogens with zero attached hydrogens (tertiary/aromatic N) is 2. The number of anilines is 1. The van der Waals surface area contributed by atoms with Crippen molar-refractivity contribution in [2.24, 2.45) is 5.73 Å². The van der Waals surface area contributed by atoms with E-state index in [4.69, 9.17) is 22.1 Å². The summed E-state index contributed by atoms with van der Waals surface area (Å²) in [4.78, 5) is 18.2. The molecule has 1 amide bonds. The van der Waals surface area contributed by atoms with Crippen molar-refractivity contribution < 1.29 is 13.9 Å². The Bertz CT molecular complexity index is 1080. The molecule has 1 aliphatic heterocycles. The van der Waals surface area contributed by atoms with Crippen LogP contribution < -0.4 is 15.4 Å². The number of amides is 1. The molecule has 2 N–H and O–H groups in total. The van der Waals surface area contributed by atoms with Crippen LogP contribution in [0.5, 0.6) is 5.75 Å². The molecule has 0 bridgehead atoms. The predicted molar refractivity (Wildman–Crippen MR) is 108 cm³/mol. The summed E-state index contributed by atoms with van der Waals surface area (Å²) in [7, 11) is 1.47. The monoisotopic (exact) mass is 399 g/mol. The Labute approximate surface area is 166 Å². The molecule has 3 aromatic rings. The average molecular weight is 400 g/mol. The van der Waals surface area contributed by atoms with Crippen LogP contribution in [0.4, 0.5) is 10.1 Å². The number of hydrogen-bond acceptors (Lipinski definition) is 4. The van der Waals surface area contributed by atoms with Crippen LogP contribution in [-0.2, 0) is 6.42 Å². The molecule has 0 aliphatic carbocycles. The van der Waals surface area contributed by atoms with Gasteiger partial charge in [0.25, 0.3) is 5.91 Å². The highest BCUT2D eigenvalue weighted by Crippen LogP contribution is 2.35. The van der Waals surface area contributed by atoms with Gasteiger partial charge in [-0.1, -0.05) is 17.7 Å². The zero-order valence-corrected chi connectivity index (χ0v) is 16.1. The maximum atomic E-state index is 14.9. The lowest BCUT2D eigenvalue weighted by Gasteiger charge is -2.34. The zero-order chi connectivity index (χ0) is 19.8. The fourth-order valence-electron chi connectivity index (χ4n) is 3.47. The van der Waals surface area contributed by atoms with Gasteiger partial charge in [-0.3, -0.25) is 9.78 Å². The number of nitrogens with two attached hydrogens (primary N) is 1. The van der Waals surface area contributed by atoms with Gasteiger partial charge >= 0.3 is 0 Å². The molecule has 4 rings (SSSR count). The molecule has 28 heavy (non-hydrogen) atoms. The molecule has 0 unspecified atom stereocenters. The van der Waals surface area contributed by atoms with Gasteiger partial charge in [0.1, 0.15) is 11.6 Å². The van der Waals surface area contributed by atoms with Gasteiger partial charge < -0.3 is 15.4 Å². The minimum Gasteiger partial charge on any atom is -0.496 e. The van der Waals surface area contributed by atoms with Crippen molar-refractivity contribution in [3.63, 3.8) is 0 Å². The number of aromatic nitrogens is 1. The first-order valence-corrected chi connectivity index (χ1v) is 9.34. The second-order valence-electron chi connectivity index (χ2n) is 6.79. The van der Waals surface area contributed by atoms with E-state index in [0.717, 1.165) is 36.1 Å². The highest BCUT2D eigenvalue weighted by Gasteiger charge is 2.21. The molecule has 2 aromatic carbocycles. The van der Waals surface area contributed by atoms with E-state index in [2.05, 4.69) is 9.88 Å². The van der Waals surface area contributed by atoms with Crippen LogP contribution in [0.25, 0.3) is 10.9 Å². The third kappa shape index (κ3) is 3.14. The first-order valence-electron chi connectivity index (χ1n) is 8.97. The summed E-state index contributed by atoms with van der Waals surface area (Å²) in [6, 6.07) is 8.74. The van der Waals surface area contributed by atoms with Crippen molar-refractivity contribution in [1.29, 1.82) is 0 Å². The van der Waals surface area contributed by atoms with E-state index in [1.807, 2.05) is 6.07 Å². The average Bonchev–Trinajstić information content (AvgIpc) is 2.65. The Balaban J connectivity index is 1.76. The van der Waals surface area contributed by atoms with E-state index < -0.39 is 11.7 Å². The van der Waals surface area contributed by atoms with Crippen LogP contribution in [0.3, 0.4) is 0 Å². The number of carbonyl (C=O) groups excluding carboxylic acids is 1. The van der Waals surface area contributed by atoms with Crippen LogP contribution in [-0.4, -0.2) is 31.1 Å². The van der Waals surface area contributed by atoms with E-state index in [9.17, 15) is 9.18 Å². The summed E-state index contributed by atoms with van der Waals surface area (Å²) in [5.41, 5.74) is 8.41. The van der Waals surface area contributed by atoms with Gasteiger partial charge in [-0.05, 0) is 35.7 Å². The van der Waals surface area contributed by atoms with Crippen molar-refractivity contribution in [2.75, 3.05) is 25.1 Å². The van der Waals surface area contributed by atoms with Crippen molar-refractivity contribution in [3.8, 4) is 5.75 Å². The third-order valence-corrected chi connectivity index (χ3v) is 5.50. The Kier molecular flexibility index (Phi) is 4.81. The SMILES string of the molecule is COc1cc2nccc(Cc3ccc(N4CCC4)c(Cl)c3F)c2cc1C(N)=O. The number of methoxy groups -OCH3 is 1. The predicted octanol–water partition coefficient (Wildman–Crippen LogP) is 3.94. The van der Waals surface area contributed by atoms with Crippen LogP contribution in [0.15, 0.2) is 36.5 Å². The number of fused-ring (bicyclic) bond motifs is 1. The van der Waals surface area contributed by atoms with Crippen LogP contribution in [0, 0.1) is 5.82 Å². The van der Waals surface area contributed by atoms with Crippen molar-refractivity contribution in [2.45, 2.75) is 12.8 Å². The van der Waals surface area contributed by atoms with Crippen molar-refractivity contribution >= 4 is 34.1 Å². The van der Waals surface area contributed by atoms with Crippen molar-refractivity contribution in [3.05, 3.63) is 64.1 Å². The van der Waals surface area contributed by atoms with Gasteiger partial charge in [-0.2, -0.15) is 0 Å². The second-order valence-corrected chi connectivity index (χ2v) is 7.17. The number of pyridine rings is 1. The Morgan fingerprint density at radius 3 is 2.71 bits per heavy atom. The second kappa shape index (κ2) is 7.28. The molecule has 1 fully saturated rings. The lowest BCUT2D eigenvalue weighted by atomic mass is 9.98. The molecule has 7 heteroatoms. The normalized spacial score (nSPS) is 13.5. The lowest BCUT2D eigenvalue weighted by molar-refractivity contribution is 0.0997. The maximum Gasteiger partial charge on any atom is 0.252 e. The van der Waals surface area contributed by atoms with Gasteiger partial charge in [0.05, 0.1) is 28.9 Å².